The van der Waals surface area contributed by atoms with Crippen LogP contribution in [0.5, 0.6) is 0 Å². The standard InChI is InChI=1S/C17H22N2O/c1-12-9-14-10-13(7-8-16(14)18-12)11-17(20)19-15-5-3-2-4-6-15/h7-10,15,18H,2-6,11H2,1H3,(H,19,20). The molecule has 3 nitrogen and oxygen atoms in total. The van der Waals surface area contributed by atoms with Crippen LogP contribution in [0.4, 0.5) is 0 Å². The zero-order chi connectivity index (χ0) is 13.9. The molecule has 20 heavy (non-hydrogen) atoms. The summed E-state index contributed by atoms with van der Waals surface area (Å²) in [5, 5.41) is 4.36. The molecule has 1 aromatic carbocycles. The lowest BCUT2D eigenvalue weighted by atomic mass is 9.95. The van der Waals surface area contributed by atoms with Gasteiger partial charge in [-0.05, 0) is 48.9 Å². The molecule has 106 valence electrons. The third-order valence-electron chi connectivity index (χ3n) is 4.15. The zero-order valence-electron chi connectivity index (χ0n) is 12.0. The second kappa shape index (κ2) is 5.70. The summed E-state index contributed by atoms with van der Waals surface area (Å²) in [5.41, 5.74) is 3.38. The predicted octanol–water partition coefficient (Wildman–Crippen LogP) is 3.47. The minimum Gasteiger partial charge on any atom is -0.359 e. The third-order valence-corrected chi connectivity index (χ3v) is 4.15. The van der Waals surface area contributed by atoms with E-state index >= 15 is 0 Å². The van der Waals surface area contributed by atoms with Crippen molar-refractivity contribution in [1.82, 2.24) is 10.3 Å². The highest BCUT2D eigenvalue weighted by atomic mass is 16.1. The Bertz CT molecular complexity index is 608. The van der Waals surface area contributed by atoms with E-state index in [4.69, 9.17) is 0 Å². The van der Waals surface area contributed by atoms with Gasteiger partial charge in [-0.3, -0.25) is 4.79 Å². The van der Waals surface area contributed by atoms with Gasteiger partial charge in [0.05, 0.1) is 6.42 Å². The molecule has 0 bridgehead atoms. The molecular formula is C17H22N2O. The van der Waals surface area contributed by atoms with Gasteiger partial charge in [-0.25, -0.2) is 0 Å². The van der Waals surface area contributed by atoms with E-state index in [1.165, 1.54) is 24.6 Å². The molecule has 2 N–H and O–H groups in total. The van der Waals surface area contributed by atoms with Crippen LogP contribution in [0.15, 0.2) is 24.3 Å². The van der Waals surface area contributed by atoms with Gasteiger partial charge in [0.2, 0.25) is 5.91 Å². The first kappa shape index (κ1) is 13.2. The van der Waals surface area contributed by atoms with E-state index in [0.717, 1.165) is 29.6 Å². The monoisotopic (exact) mass is 270 g/mol. The molecule has 0 saturated heterocycles. The van der Waals surface area contributed by atoms with Crippen molar-refractivity contribution < 1.29 is 4.79 Å². The molecule has 0 spiro atoms. The number of aromatic amines is 1. The quantitative estimate of drug-likeness (QED) is 0.881. The Balaban J connectivity index is 1.64. The lowest BCUT2D eigenvalue weighted by Crippen LogP contribution is -2.37. The molecule has 0 unspecified atom stereocenters. The summed E-state index contributed by atoms with van der Waals surface area (Å²) in [4.78, 5) is 15.4. The molecule has 1 fully saturated rings. The summed E-state index contributed by atoms with van der Waals surface area (Å²) in [7, 11) is 0. The summed E-state index contributed by atoms with van der Waals surface area (Å²) in [6.45, 7) is 2.05. The number of carbonyl (C=O) groups is 1. The van der Waals surface area contributed by atoms with E-state index in [1.807, 2.05) is 6.07 Å². The van der Waals surface area contributed by atoms with E-state index in [-0.39, 0.29) is 5.91 Å². The molecular weight excluding hydrogens is 248 g/mol. The first-order valence-electron chi connectivity index (χ1n) is 7.58. The van der Waals surface area contributed by atoms with Gasteiger partial charge < -0.3 is 10.3 Å². The molecule has 2 aromatic rings. The summed E-state index contributed by atoms with van der Waals surface area (Å²) < 4.78 is 0. The minimum absolute atomic E-state index is 0.156. The van der Waals surface area contributed by atoms with Crippen LogP contribution in [0, 0.1) is 6.92 Å². The topological polar surface area (TPSA) is 44.9 Å². The molecule has 3 heteroatoms. The first-order chi connectivity index (χ1) is 9.70. The average Bonchev–Trinajstić information content (AvgIpc) is 2.79. The van der Waals surface area contributed by atoms with Gasteiger partial charge in [0.1, 0.15) is 0 Å². The highest BCUT2D eigenvalue weighted by Crippen LogP contribution is 2.19. The molecule has 0 aliphatic heterocycles. The smallest absolute Gasteiger partial charge is 0.224 e. The number of benzene rings is 1. The molecule has 0 atom stereocenters. The highest BCUT2D eigenvalue weighted by molar-refractivity contribution is 5.84. The van der Waals surface area contributed by atoms with Crippen LogP contribution < -0.4 is 5.32 Å². The van der Waals surface area contributed by atoms with Crippen molar-refractivity contribution in [2.45, 2.75) is 51.5 Å². The number of carbonyl (C=O) groups excluding carboxylic acids is 1. The van der Waals surface area contributed by atoms with Crippen LogP contribution in [-0.2, 0) is 11.2 Å². The van der Waals surface area contributed by atoms with Gasteiger partial charge >= 0.3 is 0 Å². The number of rotatable bonds is 3. The minimum atomic E-state index is 0.156. The number of hydrogen-bond acceptors (Lipinski definition) is 1. The Labute approximate surface area is 119 Å². The van der Waals surface area contributed by atoms with Crippen LogP contribution in [0.2, 0.25) is 0 Å². The van der Waals surface area contributed by atoms with Crippen LogP contribution >= 0.6 is 0 Å². The maximum Gasteiger partial charge on any atom is 0.224 e. The van der Waals surface area contributed by atoms with Crippen molar-refractivity contribution >= 4 is 16.8 Å². The Morgan fingerprint density at radius 1 is 1.25 bits per heavy atom. The molecule has 1 amide bonds. The predicted molar refractivity (Wildman–Crippen MR) is 81.8 cm³/mol. The van der Waals surface area contributed by atoms with Crippen molar-refractivity contribution in [3.8, 4) is 0 Å². The van der Waals surface area contributed by atoms with Gasteiger partial charge in [-0.1, -0.05) is 25.3 Å². The highest BCUT2D eigenvalue weighted by Gasteiger charge is 2.15. The molecule has 3 rings (SSSR count). The van der Waals surface area contributed by atoms with Gasteiger partial charge in [0, 0.05) is 17.3 Å². The SMILES string of the molecule is Cc1cc2cc(CC(=O)NC3CCCCC3)ccc2[nH]1. The molecule has 1 aromatic heterocycles. The number of aryl methyl sites for hydroxylation is 1. The second-order valence-corrected chi connectivity index (χ2v) is 5.95. The lowest BCUT2D eigenvalue weighted by molar-refractivity contribution is -0.121. The van der Waals surface area contributed by atoms with Crippen molar-refractivity contribution in [2.24, 2.45) is 0 Å². The van der Waals surface area contributed by atoms with E-state index in [0.29, 0.717) is 12.5 Å². The largest absolute Gasteiger partial charge is 0.359 e. The zero-order valence-corrected chi connectivity index (χ0v) is 12.0. The van der Waals surface area contributed by atoms with Crippen LogP contribution in [-0.4, -0.2) is 16.9 Å². The Kier molecular flexibility index (Phi) is 3.77. The fourth-order valence-electron chi connectivity index (χ4n) is 3.15. The summed E-state index contributed by atoms with van der Waals surface area (Å²) >= 11 is 0. The van der Waals surface area contributed by atoms with Gasteiger partial charge in [-0.2, -0.15) is 0 Å². The van der Waals surface area contributed by atoms with E-state index in [9.17, 15) is 4.79 Å². The molecule has 0 radical (unpaired) electrons. The summed E-state index contributed by atoms with van der Waals surface area (Å²) in [6, 6.07) is 8.73. The van der Waals surface area contributed by atoms with Gasteiger partial charge in [0.15, 0.2) is 0 Å². The maximum absolute atomic E-state index is 12.1. The van der Waals surface area contributed by atoms with Crippen molar-refractivity contribution in [3.05, 3.63) is 35.5 Å². The fraction of sp³-hybridized carbons (Fsp3) is 0.471. The van der Waals surface area contributed by atoms with E-state index in [1.54, 1.807) is 0 Å². The van der Waals surface area contributed by atoms with Crippen molar-refractivity contribution in [3.63, 3.8) is 0 Å². The molecule has 1 saturated carbocycles. The number of aromatic nitrogens is 1. The summed E-state index contributed by atoms with van der Waals surface area (Å²) in [6.07, 6.45) is 6.58. The first-order valence-corrected chi connectivity index (χ1v) is 7.58. The Hall–Kier alpha value is -1.77. The molecule has 1 aliphatic carbocycles. The fourth-order valence-corrected chi connectivity index (χ4v) is 3.15. The lowest BCUT2D eigenvalue weighted by Gasteiger charge is -2.22. The number of amides is 1. The average molecular weight is 270 g/mol. The van der Waals surface area contributed by atoms with E-state index < -0.39 is 0 Å². The summed E-state index contributed by atoms with van der Waals surface area (Å²) in [5.74, 6) is 0.156. The number of hydrogen-bond donors (Lipinski definition) is 2. The number of nitrogens with one attached hydrogen (secondary N) is 2. The Morgan fingerprint density at radius 2 is 2.05 bits per heavy atom. The van der Waals surface area contributed by atoms with Gasteiger partial charge in [-0.15, -0.1) is 0 Å². The van der Waals surface area contributed by atoms with E-state index in [2.05, 4.69) is 35.4 Å². The molecule has 1 aliphatic rings. The van der Waals surface area contributed by atoms with Crippen LogP contribution in [0.25, 0.3) is 10.9 Å². The Morgan fingerprint density at radius 3 is 2.85 bits per heavy atom. The second-order valence-electron chi connectivity index (χ2n) is 5.95. The third kappa shape index (κ3) is 3.03. The molecule has 1 heterocycles. The maximum atomic E-state index is 12.1. The van der Waals surface area contributed by atoms with Crippen molar-refractivity contribution in [2.75, 3.05) is 0 Å². The van der Waals surface area contributed by atoms with Crippen molar-refractivity contribution in [1.29, 1.82) is 0 Å². The number of fused-ring (bicyclic) bond motifs is 1. The normalized spacial score (nSPS) is 16.4. The van der Waals surface area contributed by atoms with Crippen LogP contribution in [0.1, 0.15) is 43.4 Å². The van der Waals surface area contributed by atoms with Crippen LogP contribution in [0.3, 0.4) is 0 Å². The number of H-pyrrole nitrogens is 1. The van der Waals surface area contributed by atoms with Gasteiger partial charge in [0.25, 0.3) is 0 Å².